The average molecular weight is 319 g/mol. The van der Waals surface area contributed by atoms with E-state index in [2.05, 4.69) is 9.55 Å². The predicted octanol–water partition coefficient (Wildman–Crippen LogP) is 3.02. The van der Waals surface area contributed by atoms with Crippen LogP contribution >= 0.6 is 0 Å². The fourth-order valence-corrected chi connectivity index (χ4v) is 3.01. The van der Waals surface area contributed by atoms with Crippen LogP contribution in [0.1, 0.15) is 29.0 Å². The van der Waals surface area contributed by atoms with E-state index in [1.165, 1.54) is 6.07 Å². The number of aromatic nitrogens is 2. The van der Waals surface area contributed by atoms with Crippen molar-refractivity contribution in [3.63, 3.8) is 0 Å². The Morgan fingerprint density at radius 1 is 1.26 bits per heavy atom. The van der Waals surface area contributed by atoms with Gasteiger partial charge in [-0.15, -0.1) is 0 Å². The molecule has 1 fully saturated rings. The van der Waals surface area contributed by atoms with Gasteiger partial charge < -0.3 is 9.47 Å². The van der Waals surface area contributed by atoms with Gasteiger partial charge in [0.05, 0.1) is 0 Å². The maximum Gasteiger partial charge on any atom is 0.253 e. The molecular formula is C17H19F2N3O. The summed E-state index contributed by atoms with van der Waals surface area (Å²) in [4.78, 5) is 18.3. The van der Waals surface area contributed by atoms with Crippen LogP contribution in [0.25, 0.3) is 0 Å². The Morgan fingerprint density at radius 3 is 2.61 bits per heavy atom. The number of carbonyl (C=O) groups excluding carboxylic acids is 1. The third-order valence-electron chi connectivity index (χ3n) is 4.45. The lowest BCUT2D eigenvalue weighted by Gasteiger charge is -2.32. The summed E-state index contributed by atoms with van der Waals surface area (Å²) in [7, 11) is 0. The topological polar surface area (TPSA) is 38.1 Å². The van der Waals surface area contributed by atoms with Crippen LogP contribution in [0.15, 0.2) is 30.6 Å². The molecule has 0 bridgehead atoms. The average Bonchev–Trinajstić information content (AvgIpc) is 2.95. The Balaban J connectivity index is 1.59. The highest BCUT2D eigenvalue weighted by atomic mass is 19.2. The molecular weight excluding hydrogens is 300 g/mol. The SMILES string of the molecule is Cc1nccn1CC1CCN(C(=O)c2ccc(F)c(F)c2)CC1. The maximum atomic E-state index is 13.3. The molecule has 23 heavy (non-hydrogen) atoms. The number of piperidine rings is 1. The number of hydrogen-bond donors (Lipinski definition) is 0. The largest absolute Gasteiger partial charge is 0.339 e. The molecule has 0 atom stereocenters. The Bertz CT molecular complexity index is 706. The molecule has 0 radical (unpaired) electrons. The molecule has 0 saturated carbocycles. The molecule has 122 valence electrons. The molecule has 1 aliphatic rings. The van der Waals surface area contributed by atoms with Crippen molar-refractivity contribution in [2.45, 2.75) is 26.3 Å². The summed E-state index contributed by atoms with van der Waals surface area (Å²) >= 11 is 0. The molecule has 1 aromatic heterocycles. The lowest BCUT2D eigenvalue weighted by Crippen LogP contribution is -2.39. The molecule has 6 heteroatoms. The van der Waals surface area contributed by atoms with Gasteiger partial charge in [-0.25, -0.2) is 13.8 Å². The second-order valence-electron chi connectivity index (χ2n) is 5.99. The summed E-state index contributed by atoms with van der Waals surface area (Å²) in [5.41, 5.74) is 0.202. The molecule has 4 nitrogen and oxygen atoms in total. The first-order chi connectivity index (χ1) is 11.0. The van der Waals surface area contributed by atoms with Gasteiger partial charge in [0.15, 0.2) is 11.6 Å². The van der Waals surface area contributed by atoms with Crippen molar-refractivity contribution in [3.05, 3.63) is 53.6 Å². The van der Waals surface area contributed by atoms with Crippen LogP contribution in [-0.2, 0) is 6.54 Å². The minimum atomic E-state index is -0.985. The Kier molecular flexibility index (Phi) is 4.41. The Labute approximate surface area is 133 Å². The monoisotopic (exact) mass is 319 g/mol. The number of hydrogen-bond acceptors (Lipinski definition) is 2. The van der Waals surface area contributed by atoms with Crippen LogP contribution in [0, 0.1) is 24.5 Å². The molecule has 3 rings (SSSR count). The number of likely N-dealkylation sites (tertiary alicyclic amines) is 1. The van der Waals surface area contributed by atoms with Crippen molar-refractivity contribution in [2.24, 2.45) is 5.92 Å². The van der Waals surface area contributed by atoms with E-state index in [1.54, 1.807) is 11.1 Å². The Hall–Kier alpha value is -2.24. The van der Waals surface area contributed by atoms with Gasteiger partial charge in [0, 0.05) is 37.6 Å². The number of amides is 1. The fraction of sp³-hybridized carbons (Fsp3) is 0.412. The number of aryl methyl sites for hydroxylation is 1. The maximum absolute atomic E-state index is 13.3. The van der Waals surface area contributed by atoms with E-state index < -0.39 is 11.6 Å². The zero-order valence-electron chi connectivity index (χ0n) is 13.0. The third-order valence-corrected chi connectivity index (χ3v) is 4.45. The summed E-state index contributed by atoms with van der Waals surface area (Å²) < 4.78 is 28.3. The highest BCUT2D eigenvalue weighted by Crippen LogP contribution is 2.21. The quantitative estimate of drug-likeness (QED) is 0.872. The molecule has 1 amide bonds. The van der Waals surface area contributed by atoms with Gasteiger partial charge in [0.1, 0.15) is 5.82 Å². The molecule has 2 aromatic rings. The number of nitrogens with zero attached hydrogens (tertiary/aromatic N) is 3. The third kappa shape index (κ3) is 3.41. The van der Waals surface area contributed by atoms with Gasteiger partial charge in [-0.1, -0.05) is 0 Å². The zero-order valence-corrected chi connectivity index (χ0v) is 13.0. The predicted molar refractivity (Wildman–Crippen MR) is 81.9 cm³/mol. The summed E-state index contributed by atoms with van der Waals surface area (Å²) in [5.74, 6) is -0.666. The van der Waals surface area contributed by atoms with Crippen molar-refractivity contribution in [1.29, 1.82) is 0 Å². The number of halogens is 2. The minimum Gasteiger partial charge on any atom is -0.339 e. The standard InChI is InChI=1S/C17H19F2N3O/c1-12-20-6-9-22(12)11-13-4-7-21(8-5-13)17(23)14-2-3-15(18)16(19)10-14/h2-3,6,9-10,13H,4-5,7-8,11H2,1H3. The number of imidazole rings is 1. The number of benzene rings is 1. The first-order valence-electron chi connectivity index (χ1n) is 7.76. The van der Waals surface area contributed by atoms with E-state index in [0.717, 1.165) is 37.3 Å². The number of rotatable bonds is 3. The molecule has 0 aliphatic carbocycles. The second kappa shape index (κ2) is 6.48. The molecule has 1 aromatic carbocycles. The van der Waals surface area contributed by atoms with Crippen molar-refractivity contribution < 1.29 is 13.6 Å². The Morgan fingerprint density at radius 2 is 2.00 bits per heavy atom. The fourth-order valence-electron chi connectivity index (χ4n) is 3.01. The van der Waals surface area contributed by atoms with Crippen molar-refractivity contribution in [2.75, 3.05) is 13.1 Å². The van der Waals surface area contributed by atoms with Crippen molar-refractivity contribution >= 4 is 5.91 Å². The van der Waals surface area contributed by atoms with E-state index in [1.807, 2.05) is 13.1 Å². The van der Waals surface area contributed by atoms with Crippen LogP contribution < -0.4 is 0 Å². The second-order valence-corrected chi connectivity index (χ2v) is 5.99. The molecule has 0 unspecified atom stereocenters. The van der Waals surface area contributed by atoms with E-state index >= 15 is 0 Å². The number of carbonyl (C=O) groups is 1. The highest BCUT2D eigenvalue weighted by Gasteiger charge is 2.24. The first kappa shape index (κ1) is 15.6. The first-order valence-corrected chi connectivity index (χ1v) is 7.76. The van der Waals surface area contributed by atoms with Gasteiger partial charge in [-0.2, -0.15) is 0 Å². The summed E-state index contributed by atoms with van der Waals surface area (Å²) in [6, 6.07) is 3.30. The summed E-state index contributed by atoms with van der Waals surface area (Å²) in [5, 5.41) is 0. The van der Waals surface area contributed by atoms with Gasteiger partial charge in [-0.05, 0) is 43.9 Å². The molecule has 0 spiro atoms. The van der Waals surface area contributed by atoms with Crippen molar-refractivity contribution in [1.82, 2.24) is 14.5 Å². The van der Waals surface area contributed by atoms with E-state index in [4.69, 9.17) is 0 Å². The molecule has 1 saturated heterocycles. The van der Waals surface area contributed by atoms with Crippen LogP contribution in [0.5, 0.6) is 0 Å². The smallest absolute Gasteiger partial charge is 0.253 e. The highest BCUT2D eigenvalue weighted by molar-refractivity contribution is 5.94. The van der Waals surface area contributed by atoms with Crippen LogP contribution in [0.2, 0.25) is 0 Å². The summed E-state index contributed by atoms with van der Waals surface area (Å²) in [6.45, 7) is 4.15. The van der Waals surface area contributed by atoms with E-state index in [-0.39, 0.29) is 11.5 Å². The van der Waals surface area contributed by atoms with Gasteiger partial charge in [0.25, 0.3) is 5.91 Å². The normalized spacial score (nSPS) is 15.9. The van der Waals surface area contributed by atoms with E-state index in [0.29, 0.717) is 19.0 Å². The van der Waals surface area contributed by atoms with Gasteiger partial charge in [0.2, 0.25) is 0 Å². The van der Waals surface area contributed by atoms with E-state index in [9.17, 15) is 13.6 Å². The molecule has 2 heterocycles. The van der Waals surface area contributed by atoms with Gasteiger partial charge in [-0.3, -0.25) is 4.79 Å². The van der Waals surface area contributed by atoms with Crippen LogP contribution in [0.3, 0.4) is 0 Å². The van der Waals surface area contributed by atoms with Crippen LogP contribution in [-0.4, -0.2) is 33.4 Å². The molecule has 0 N–H and O–H groups in total. The van der Waals surface area contributed by atoms with Crippen LogP contribution in [0.4, 0.5) is 8.78 Å². The minimum absolute atomic E-state index is 0.202. The van der Waals surface area contributed by atoms with Crippen molar-refractivity contribution in [3.8, 4) is 0 Å². The lowest BCUT2D eigenvalue weighted by atomic mass is 9.96. The zero-order chi connectivity index (χ0) is 16.4. The van der Waals surface area contributed by atoms with Gasteiger partial charge >= 0.3 is 0 Å². The summed E-state index contributed by atoms with van der Waals surface area (Å²) in [6.07, 6.45) is 5.55. The lowest BCUT2D eigenvalue weighted by molar-refractivity contribution is 0.0682. The molecule has 1 aliphatic heterocycles.